The molecule has 1 unspecified atom stereocenters. The Morgan fingerprint density at radius 1 is 1.40 bits per heavy atom. The van der Waals surface area contributed by atoms with Gasteiger partial charge in [-0.25, -0.2) is 0 Å². The fourth-order valence-electron chi connectivity index (χ4n) is 2.41. The van der Waals surface area contributed by atoms with Gasteiger partial charge in [-0.2, -0.15) is 11.8 Å². The lowest BCUT2D eigenvalue weighted by atomic mass is 10.0. The summed E-state index contributed by atoms with van der Waals surface area (Å²) in [5.41, 5.74) is 2.67. The number of benzene rings is 1. The molecule has 0 aromatic heterocycles. The molecule has 1 amide bonds. The van der Waals surface area contributed by atoms with E-state index in [0.717, 1.165) is 16.9 Å². The molecule has 5 heteroatoms. The van der Waals surface area contributed by atoms with E-state index in [1.807, 2.05) is 32.0 Å². The molecule has 0 saturated carbocycles. The molecule has 0 bridgehead atoms. The van der Waals surface area contributed by atoms with E-state index < -0.39 is 5.97 Å². The van der Waals surface area contributed by atoms with Gasteiger partial charge in [-0.05, 0) is 25.5 Å². The summed E-state index contributed by atoms with van der Waals surface area (Å²) < 4.78 is 0. The fraction of sp³-hybridized carbons (Fsp3) is 0.467. The first kappa shape index (κ1) is 14.9. The van der Waals surface area contributed by atoms with Crippen LogP contribution < -0.4 is 0 Å². The van der Waals surface area contributed by atoms with E-state index in [-0.39, 0.29) is 18.4 Å². The third-order valence-corrected chi connectivity index (χ3v) is 4.61. The summed E-state index contributed by atoms with van der Waals surface area (Å²) in [5.74, 6) is 0.671. The third kappa shape index (κ3) is 3.33. The van der Waals surface area contributed by atoms with E-state index in [9.17, 15) is 9.59 Å². The van der Waals surface area contributed by atoms with Crippen LogP contribution in [-0.4, -0.2) is 46.0 Å². The summed E-state index contributed by atoms with van der Waals surface area (Å²) >= 11 is 1.71. The highest BCUT2D eigenvalue weighted by atomic mass is 32.2. The van der Waals surface area contributed by atoms with E-state index in [4.69, 9.17) is 5.11 Å². The largest absolute Gasteiger partial charge is 0.481 e. The maximum atomic E-state index is 12.7. The van der Waals surface area contributed by atoms with Crippen molar-refractivity contribution >= 4 is 23.6 Å². The van der Waals surface area contributed by atoms with E-state index in [1.165, 1.54) is 0 Å². The van der Waals surface area contributed by atoms with Crippen LogP contribution in [0.15, 0.2) is 18.2 Å². The van der Waals surface area contributed by atoms with Crippen LogP contribution in [0.4, 0.5) is 0 Å². The van der Waals surface area contributed by atoms with Gasteiger partial charge in [0.2, 0.25) is 0 Å². The minimum absolute atomic E-state index is 0.0175. The molecule has 1 heterocycles. The molecule has 1 N–H and O–H groups in total. The van der Waals surface area contributed by atoms with E-state index in [1.54, 1.807) is 16.7 Å². The van der Waals surface area contributed by atoms with Crippen LogP contribution in [0.2, 0.25) is 0 Å². The van der Waals surface area contributed by atoms with Crippen molar-refractivity contribution < 1.29 is 14.7 Å². The Morgan fingerprint density at radius 3 is 2.85 bits per heavy atom. The predicted octanol–water partition coefficient (Wildman–Crippen LogP) is 2.34. The molecule has 20 heavy (non-hydrogen) atoms. The highest BCUT2D eigenvalue weighted by Crippen LogP contribution is 2.23. The van der Waals surface area contributed by atoms with Crippen LogP contribution in [0.25, 0.3) is 0 Å². The molecule has 1 atom stereocenters. The van der Waals surface area contributed by atoms with Crippen LogP contribution in [0.1, 0.15) is 27.9 Å². The molecule has 108 valence electrons. The first-order valence-electron chi connectivity index (χ1n) is 6.67. The number of aryl methyl sites for hydroxylation is 2. The quantitative estimate of drug-likeness (QED) is 0.929. The predicted molar refractivity (Wildman–Crippen MR) is 80.3 cm³/mol. The van der Waals surface area contributed by atoms with Gasteiger partial charge in [0.25, 0.3) is 5.91 Å². The van der Waals surface area contributed by atoms with Gasteiger partial charge in [0.15, 0.2) is 0 Å². The summed E-state index contributed by atoms with van der Waals surface area (Å²) in [6.07, 6.45) is 0.0175. The van der Waals surface area contributed by atoms with Gasteiger partial charge in [0.1, 0.15) is 0 Å². The highest BCUT2D eigenvalue weighted by molar-refractivity contribution is 7.99. The van der Waals surface area contributed by atoms with Crippen molar-refractivity contribution in [3.8, 4) is 0 Å². The smallest absolute Gasteiger partial charge is 0.305 e. The topological polar surface area (TPSA) is 57.6 Å². The molecule has 1 aliphatic heterocycles. The van der Waals surface area contributed by atoms with Crippen molar-refractivity contribution in [3.05, 3.63) is 34.9 Å². The maximum absolute atomic E-state index is 12.7. The average Bonchev–Trinajstić information content (AvgIpc) is 2.41. The Kier molecular flexibility index (Phi) is 4.70. The average molecular weight is 293 g/mol. The first-order valence-corrected chi connectivity index (χ1v) is 7.82. The second-order valence-corrected chi connectivity index (χ2v) is 6.29. The van der Waals surface area contributed by atoms with Gasteiger partial charge < -0.3 is 10.0 Å². The van der Waals surface area contributed by atoms with Gasteiger partial charge in [-0.3, -0.25) is 9.59 Å². The number of carboxylic acids is 1. The highest BCUT2D eigenvalue weighted by Gasteiger charge is 2.30. The molecule has 0 spiro atoms. The van der Waals surface area contributed by atoms with Crippen molar-refractivity contribution in [2.24, 2.45) is 0 Å². The Labute approximate surface area is 123 Å². The zero-order valence-electron chi connectivity index (χ0n) is 11.8. The molecule has 1 aliphatic rings. The minimum atomic E-state index is -0.851. The lowest BCUT2D eigenvalue weighted by Crippen LogP contribution is -2.47. The van der Waals surface area contributed by atoms with Gasteiger partial charge in [-0.15, -0.1) is 0 Å². The number of hydrogen-bond acceptors (Lipinski definition) is 3. The molecular weight excluding hydrogens is 274 g/mol. The molecule has 0 radical (unpaired) electrons. The number of thioether (sulfide) groups is 1. The number of carbonyl (C=O) groups excluding carboxylic acids is 1. The lowest BCUT2D eigenvalue weighted by Gasteiger charge is -2.35. The summed E-state index contributed by atoms with van der Waals surface area (Å²) in [5, 5.41) is 8.99. The molecule has 0 aliphatic carbocycles. The van der Waals surface area contributed by atoms with Crippen molar-refractivity contribution in [2.45, 2.75) is 26.3 Å². The second-order valence-electron chi connectivity index (χ2n) is 5.14. The summed E-state index contributed by atoms with van der Waals surface area (Å²) in [7, 11) is 0. The normalized spacial score (nSPS) is 18.9. The van der Waals surface area contributed by atoms with Crippen molar-refractivity contribution in [1.29, 1.82) is 0 Å². The van der Waals surface area contributed by atoms with Crippen molar-refractivity contribution in [1.82, 2.24) is 4.90 Å². The SMILES string of the molecule is Cc1ccc(C)c(C(=O)N2CCSCC2CC(=O)O)c1. The van der Waals surface area contributed by atoms with Crippen LogP contribution in [0.3, 0.4) is 0 Å². The standard InChI is InChI=1S/C15H19NO3S/c1-10-3-4-11(2)13(7-10)15(19)16-5-6-20-9-12(16)8-14(17)18/h3-4,7,12H,5-6,8-9H2,1-2H3,(H,17,18). The van der Waals surface area contributed by atoms with Gasteiger partial charge >= 0.3 is 5.97 Å². The van der Waals surface area contributed by atoms with Crippen LogP contribution in [0.5, 0.6) is 0 Å². The van der Waals surface area contributed by atoms with Crippen LogP contribution >= 0.6 is 11.8 Å². The molecule has 1 saturated heterocycles. The van der Waals surface area contributed by atoms with Crippen molar-refractivity contribution in [3.63, 3.8) is 0 Å². The number of carboxylic acid groups (broad SMARTS) is 1. The van der Waals surface area contributed by atoms with E-state index in [2.05, 4.69) is 0 Å². The Balaban J connectivity index is 2.25. The van der Waals surface area contributed by atoms with E-state index >= 15 is 0 Å². The van der Waals surface area contributed by atoms with Crippen LogP contribution in [-0.2, 0) is 4.79 Å². The zero-order chi connectivity index (χ0) is 14.7. The van der Waals surface area contributed by atoms with Gasteiger partial charge in [-0.1, -0.05) is 17.7 Å². The summed E-state index contributed by atoms with van der Waals surface area (Å²) in [4.78, 5) is 25.4. The third-order valence-electron chi connectivity index (χ3n) is 3.52. The van der Waals surface area contributed by atoms with Gasteiger partial charge in [0.05, 0.1) is 12.5 Å². The molecular formula is C15H19NO3S. The second kappa shape index (κ2) is 6.31. The van der Waals surface area contributed by atoms with E-state index in [0.29, 0.717) is 17.9 Å². The number of nitrogens with zero attached hydrogens (tertiary/aromatic N) is 1. The molecule has 2 rings (SSSR count). The maximum Gasteiger partial charge on any atom is 0.305 e. The number of aliphatic carboxylic acids is 1. The Bertz CT molecular complexity index is 530. The zero-order valence-corrected chi connectivity index (χ0v) is 12.6. The number of carbonyl (C=O) groups is 2. The number of hydrogen-bond donors (Lipinski definition) is 1. The molecule has 4 nitrogen and oxygen atoms in total. The molecule has 1 fully saturated rings. The summed E-state index contributed by atoms with van der Waals surface area (Å²) in [6.45, 7) is 4.49. The Morgan fingerprint density at radius 2 is 2.15 bits per heavy atom. The molecule has 1 aromatic carbocycles. The molecule has 1 aromatic rings. The van der Waals surface area contributed by atoms with Gasteiger partial charge in [0, 0.05) is 23.6 Å². The number of rotatable bonds is 3. The first-order chi connectivity index (χ1) is 9.49. The van der Waals surface area contributed by atoms with Crippen LogP contribution in [0, 0.1) is 13.8 Å². The monoisotopic (exact) mass is 293 g/mol. The number of amides is 1. The fourth-order valence-corrected chi connectivity index (χ4v) is 3.48. The minimum Gasteiger partial charge on any atom is -0.481 e. The Hall–Kier alpha value is -1.49. The lowest BCUT2D eigenvalue weighted by molar-refractivity contribution is -0.138. The summed E-state index contributed by atoms with van der Waals surface area (Å²) in [6, 6.07) is 5.59. The van der Waals surface area contributed by atoms with Crippen molar-refractivity contribution in [2.75, 3.05) is 18.1 Å².